The summed E-state index contributed by atoms with van der Waals surface area (Å²) in [6.45, 7) is 3.98. The van der Waals surface area contributed by atoms with Crippen LogP contribution in [0.5, 0.6) is 0 Å². The number of benzene rings is 1. The van der Waals surface area contributed by atoms with Crippen molar-refractivity contribution in [3.8, 4) is 0 Å². The number of allylic oxidation sites excluding steroid dienone is 1. The molecule has 3 fully saturated rings. The molecule has 6 heteroatoms. The minimum absolute atomic E-state index is 0.173. The predicted molar refractivity (Wildman–Crippen MR) is 126 cm³/mol. The van der Waals surface area contributed by atoms with Crippen LogP contribution in [0.2, 0.25) is 0 Å². The molecule has 0 bridgehead atoms. The molecule has 5 rings (SSSR count). The van der Waals surface area contributed by atoms with Gasteiger partial charge in [-0.05, 0) is 62.5 Å². The summed E-state index contributed by atoms with van der Waals surface area (Å²) in [6, 6.07) is 4.10. The topological polar surface area (TPSA) is 61.4 Å². The molecule has 2 heterocycles. The van der Waals surface area contributed by atoms with Gasteiger partial charge in [0.1, 0.15) is 11.9 Å². The monoisotopic (exact) mass is 453 g/mol. The average molecular weight is 454 g/mol. The molecular formula is C27H36FN3O2. The van der Waals surface area contributed by atoms with Crippen LogP contribution < -0.4 is 10.6 Å². The van der Waals surface area contributed by atoms with E-state index >= 15 is 4.39 Å². The van der Waals surface area contributed by atoms with Crippen molar-refractivity contribution in [1.29, 1.82) is 0 Å². The first-order chi connectivity index (χ1) is 16.0. The Kier molecular flexibility index (Phi) is 6.55. The van der Waals surface area contributed by atoms with Gasteiger partial charge in [0, 0.05) is 28.9 Å². The lowest BCUT2D eigenvalue weighted by molar-refractivity contribution is -0.126. The molecule has 178 valence electrons. The van der Waals surface area contributed by atoms with Crippen LogP contribution in [0.1, 0.15) is 92.1 Å². The van der Waals surface area contributed by atoms with Gasteiger partial charge < -0.3 is 15.5 Å². The van der Waals surface area contributed by atoms with Crippen molar-refractivity contribution in [2.24, 2.45) is 5.92 Å². The number of nitrogens with zero attached hydrogens (tertiary/aromatic N) is 1. The van der Waals surface area contributed by atoms with Gasteiger partial charge in [-0.15, -0.1) is 0 Å². The van der Waals surface area contributed by atoms with Gasteiger partial charge in [-0.3, -0.25) is 9.59 Å². The van der Waals surface area contributed by atoms with Crippen LogP contribution in [0.3, 0.4) is 0 Å². The molecule has 2 N–H and O–H groups in total. The maximum atomic E-state index is 15.7. The van der Waals surface area contributed by atoms with Gasteiger partial charge in [-0.1, -0.05) is 44.7 Å². The lowest BCUT2D eigenvalue weighted by Crippen LogP contribution is -2.49. The van der Waals surface area contributed by atoms with Gasteiger partial charge in [0.05, 0.1) is 6.54 Å². The summed E-state index contributed by atoms with van der Waals surface area (Å²) in [5.41, 5.74) is 2.27. The van der Waals surface area contributed by atoms with E-state index in [1.165, 1.54) is 56.3 Å². The second kappa shape index (κ2) is 9.57. The second-order valence-electron chi connectivity index (χ2n) is 10.5. The number of carbonyl (C=O) groups is 2. The average Bonchev–Trinajstić information content (AvgIpc) is 3.14. The molecule has 0 aromatic heterocycles. The number of halogens is 1. The van der Waals surface area contributed by atoms with Crippen LogP contribution in [-0.4, -0.2) is 34.8 Å². The molecule has 2 aliphatic heterocycles. The second-order valence-corrected chi connectivity index (χ2v) is 10.5. The lowest BCUT2D eigenvalue weighted by atomic mass is 9.79. The maximum absolute atomic E-state index is 15.7. The first-order valence-electron chi connectivity index (χ1n) is 12.9. The van der Waals surface area contributed by atoms with Gasteiger partial charge in [0.25, 0.3) is 5.91 Å². The molecule has 0 radical (unpaired) electrons. The normalized spacial score (nSPS) is 28.7. The quantitative estimate of drug-likeness (QED) is 0.685. The van der Waals surface area contributed by atoms with Gasteiger partial charge in [0.15, 0.2) is 0 Å². The highest BCUT2D eigenvalue weighted by Crippen LogP contribution is 2.34. The summed E-state index contributed by atoms with van der Waals surface area (Å²) in [6.07, 6.45) is 13.1. The van der Waals surface area contributed by atoms with Crippen molar-refractivity contribution in [3.63, 3.8) is 0 Å². The molecule has 4 aliphatic rings. The first-order valence-corrected chi connectivity index (χ1v) is 12.9. The summed E-state index contributed by atoms with van der Waals surface area (Å²) in [7, 11) is 0. The number of amides is 2. The SMILES string of the molecule is C=C1CCC(N2Cc3c(ccc(C[C@H]4CCCC[C@@H]4NC4CCCCC4)c3F)C2=O)C(=O)N1. The van der Waals surface area contributed by atoms with Crippen LogP contribution in [0.25, 0.3) is 0 Å². The molecule has 0 spiro atoms. The summed E-state index contributed by atoms with van der Waals surface area (Å²) in [5, 5.41) is 6.67. The van der Waals surface area contributed by atoms with Crippen LogP contribution >= 0.6 is 0 Å². The fraction of sp³-hybridized carbons (Fsp3) is 0.630. The van der Waals surface area contributed by atoms with E-state index in [4.69, 9.17) is 0 Å². The highest BCUT2D eigenvalue weighted by molar-refractivity contribution is 6.01. The van der Waals surface area contributed by atoms with E-state index in [2.05, 4.69) is 17.2 Å². The van der Waals surface area contributed by atoms with Crippen LogP contribution in [0.4, 0.5) is 4.39 Å². The van der Waals surface area contributed by atoms with Gasteiger partial charge in [0.2, 0.25) is 5.91 Å². The minimum atomic E-state index is -0.555. The van der Waals surface area contributed by atoms with Gasteiger partial charge in [-0.2, -0.15) is 0 Å². The molecule has 1 saturated heterocycles. The molecule has 2 saturated carbocycles. The fourth-order valence-corrected chi connectivity index (χ4v) is 6.42. The smallest absolute Gasteiger partial charge is 0.255 e. The summed E-state index contributed by atoms with van der Waals surface area (Å²) >= 11 is 0. The van der Waals surface area contributed by atoms with Crippen molar-refractivity contribution < 1.29 is 14.0 Å². The Hall–Kier alpha value is -2.21. The number of rotatable bonds is 5. The van der Waals surface area contributed by atoms with Crippen molar-refractivity contribution >= 4 is 11.8 Å². The zero-order chi connectivity index (χ0) is 22.9. The number of piperidine rings is 1. The van der Waals surface area contributed by atoms with Crippen LogP contribution in [0, 0.1) is 11.7 Å². The van der Waals surface area contributed by atoms with Gasteiger partial charge >= 0.3 is 0 Å². The number of hydrogen-bond acceptors (Lipinski definition) is 3. The molecule has 1 unspecified atom stereocenters. The molecular weight excluding hydrogens is 417 g/mol. The third-order valence-corrected chi connectivity index (χ3v) is 8.29. The third-order valence-electron chi connectivity index (χ3n) is 8.29. The maximum Gasteiger partial charge on any atom is 0.255 e. The minimum Gasteiger partial charge on any atom is -0.329 e. The molecule has 33 heavy (non-hydrogen) atoms. The Morgan fingerprint density at radius 3 is 2.58 bits per heavy atom. The molecule has 3 atom stereocenters. The zero-order valence-corrected chi connectivity index (χ0v) is 19.5. The summed E-state index contributed by atoms with van der Waals surface area (Å²) in [4.78, 5) is 27.0. The van der Waals surface area contributed by atoms with E-state index in [1.54, 1.807) is 6.07 Å². The lowest BCUT2D eigenvalue weighted by Gasteiger charge is -2.36. The zero-order valence-electron chi connectivity index (χ0n) is 19.5. The predicted octanol–water partition coefficient (Wildman–Crippen LogP) is 4.60. The van der Waals surface area contributed by atoms with E-state index in [-0.39, 0.29) is 24.2 Å². The summed E-state index contributed by atoms with van der Waals surface area (Å²) < 4.78 is 15.7. The molecule has 5 nitrogen and oxygen atoms in total. The Morgan fingerprint density at radius 1 is 1.03 bits per heavy atom. The Morgan fingerprint density at radius 2 is 1.79 bits per heavy atom. The fourth-order valence-electron chi connectivity index (χ4n) is 6.42. The van der Waals surface area contributed by atoms with E-state index in [1.807, 2.05) is 6.07 Å². The Bertz CT molecular complexity index is 940. The highest BCUT2D eigenvalue weighted by Gasteiger charge is 2.40. The van der Waals surface area contributed by atoms with E-state index in [9.17, 15) is 9.59 Å². The standard InChI is InChI=1S/C27H36FN3O2/c1-17-11-14-24(26(32)29-17)31-16-22-21(27(31)33)13-12-19(25(22)28)15-18-7-5-6-10-23(18)30-20-8-3-2-4-9-20/h12-13,18,20,23-24,30H,1-11,14-16H2,(H,29,32)/t18-,23+,24?/m1/s1. The van der Waals surface area contributed by atoms with E-state index < -0.39 is 6.04 Å². The number of nitrogens with one attached hydrogen (secondary N) is 2. The molecule has 2 amide bonds. The van der Waals surface area contributed by atoms with Crippen molar-refractivity contribution in [1.82, 2.24) is 15.5 Å². The number of carbonyl (C=O) groups excluding carboxylic acids is 2. The summed E-state index contributed by atoms with van der Waals surface area (Å²) in [5.74, 6) is -0.271. The van der Waals surface area contributed by atoms with E-state index in [0.29, 0.717) is 59.7 Å². The Labute approximate surface area is 196 Å². The third kappa shape index (κ3) is 4.59. The van der Waals surface area contributed by atoms with Crippen molar-refractivity contribution in [2.75, 3.05) is 0 Å². The van der Waals surface area contributed by atoms with E-state index in [0.717, 1.165) is 6.42 Å². The molecule has 1 aromatic rings. The molecule has 1 aromatic carbocycles. The van der Waals surface area contributed by atoms with Crippen LogP contribution in [-0.2, 0) is 17.8 Å². The largest absolute Gasteiger partial charge is 0.329 e. The number of fused-ring (bicyclic) bond motifs is 1. The molecule has 2 aliphatic carbocycles. The van der Waals surface area contributed by atoms with Crippen molar-refractivity contribution in [2.45, 2.75) is 102 Å². The van der Waals surface area contributed by atoms with Gasteiger partial charge in [-0.25, -0.2) is 4.39 Å². The highest BCUT2D eigenvalue weighted by atomic mass is 19.1. The van der Waals surface area contributed by atoms with Crippen LogP contribution in [0.15, 0.2) is 24.4 Å². The Balaban J connectivity index is 1.30. The number of hydrogen-bond donors (Lipinski definition) is 2. The first kappa shape index (κ1) is 22.6. The van der Waals surface area contributed by atoms with Crippen molar-refractivity contribution in [3.05, 3.63) is 46.9 Å².